The number of halogens is 2. The van der Waals surface area contributed by atoms with E-state index in [1.807, 2.05) is 6.92 Å². The lowest BCUT2D eigenvalue weighted by molar-refractivity contribution is -0.140. The number of nitrogens with one attached hydrogen (secondary N) is 2. The van der Waals surface area contributed by atoms with E-state index in [1.165, 1.54) is 18.2 Å². The Balaban J connectivity index is 2.13. The molecule has 0 spiro atoms. The Bertz CT molecular complexity index is 890. The Morgan fingerprint density at radius 3 is 2.67 bits per heavy atom. The lowest BCUT2D eigenvalue weighted by Gasteiger charge is -2.42. The van der Waals surface area contributed by atoms with E-state index in [0.717, 1.165) is 17.7 Å². The van der Waals surface area contributed by atoms with Crippen LogP contribution in [-0.4, -0.2) is 23.6 Å². The largest absolute Gasteiger partial charge is 0.359 e. The Morgan fingerprint density at radius 2 is 1.96 bits per heavy atom. The number of hydrogen-bond acceptors (Lipinski definition) is 3. The van der Waals surface area contributed by atoms with Crippen LogP contribution in [-0.2, 0) is 10.5 Å². The van der Waals surface area contributed by atoms with Crippen LogP contribution in [0.3, 0.4) is 0 Å². The van der Waals surface area contributed by atoms with E-state index < -0.39 is 17.7 Å². The summed E-state index contributed by atoms with van der Waals surface area (Å²) in [4.78, 5) is 26.8. The first-order valence-electron chi connectivity index (χ1n) is 8.56. The molecule has 0 aliphatic carbocycles. The van der Waals surface area contributed by atoms with Crippen molar-refractivity contribution in [2.24, 2.45) is 0 Å². The van der Waals surface area contributed by atoms with E-state index in [0.29, 0.717) is 17.3 Å². The Kier molecular flexibility index (Phi) is 5.60. The molecule has 3 amide bonds. The SMILES string of the molecule is CCCCNC(=O)[C@@]1(O)c2ccccc2NC(=O)N1c1ccc(Cl)c(Cl)c1. The van der Waals surface area contributed by atoms with E-state index in [2.05, 4.69) is 10.6 Å². The zero-order chi connectivity index (χ0) is 19.6. The van der Waals surface area contributed by atoms with Crippen LogP contribution in [0.1, 0.15) is 25.3 Å². The molecule has 0 aromatic heterocycles. The third kappa shape index (κ3) is 3.48. The number of amides is 3. The second kappa shape index (κ2) is 7.76. The highest BCUT2D eigenvalue weighted by Gasteiger charge is 2.51. The highest BCUT2D eigenvalue weighted by molar-refractivity contribution is 6.42. The predicted octanol–water partition coefficient (Wildman–Crippen LogP) is 4.11. The van der Waals surface area contributed by atoms with Crippen molar-refractivity contribution >= 4 is 46.5 Å². The fraction of sp³-hybridized carbons (Fsp3) is 0.263. The minimum atomic E-state index is -2.23. The number of carbonyl (C=O) groups is 2. The Labute approximate surface area is 167 Å². The number of hydrogen-bond donors (Lipinski definition) is 3. The van der Waals surface area contributed by atoms with Crippen LogP contribution < -0.4 is 15.5 Å². The molecule has 6 nitrogen and oxygen atoms in total. The molecule has 0 unspecified atom stereocenters. The van der Waals surface area contributed by atoms with Crippen LogP contribution in [0.5, 0.6) is 0 Å². The first kappa shape index (κ1) is 19.5. The zero-order valence-electron chi connectivity index (χ0n) is 14.6. The van der Waals surface area contributed by atoms with Crippen LogP contribution in [0.25, 0.3) is 0 Å². The number of benzene rings is 2. The van der Waals surface area contributed by atoms with Crippen molar-refractivity contribution in [1.82, 2.24) is 5.32 Å². The molecule has 1 aliphatic heterocycles. The van der Waals surface area contributed by atoms with E-state index in [9.17, 15) is 14.7 Å². The van der Waals surface area contributed by atoms with Gasteiger partial charge in [0.25, 0.3) is 11.6 Å². The van der Waals surface area contributed by atoms with Gasteiger partial charge in [-0.2, -0.15) is 0 Å². The van der Waals surface area contributed by atoms with Gasteiger partial charge in [-0.3, -0.25) is 9.69 Å². The van der Waals surface area contributed by atoms with Gasteiger partial charge in [-0.15, -0.1) is 0 Å². The number of para-hydroxylation sites is 1. The summed E-state index contributed by atoms with van der Waals surface area (Å²) in [6.45, 7) is 2.38. The number of urea groups is 1. The van der Waals surface area contributed by atoms with Crippen molar-refractivity contribution in [3.8, 4) is 0 Å². The molecule has 1 aliphatic rings. The van der Waals surface area contributed by atoms with Gasteiger partial charge < -0.3 is 15.7 Å². The molecule has 1 heterocycles. The normalized spacial score (nSPS) is 18.7. The summed E-state index contributed by atoms with van der Waals surface area (Å²) < 4.78 is 0. The number of anilines is 2. The van der Waals surface area contributed by atoms with E-state index in [-0.39, 0.29) is 16.3 Å². The van der Waals surface area contributed by atoms with Gasteiger partial charge in [-0.05, 0) is 30.7 Å². The minimum Gasteiger partial charge on any atom is -0.359 e. The summed E-state index contributed by atoms with van der Waals surface area (Å²) in [6, 6.07) is 10.4. The number of fused-ring (bicyclic) bond motifs is 1. The van der Waals surface area contributed by atoms with Crippen molar-refractivity contribution in [2.75, 3.05) is 16.8 Å². The van der Waals surface area contributed by atoms with Gasteiger partial charge in [-0.1, -0.05) is 54.7 Å². The number of rotatable bonds is 5. The van der Waals surface area contributed by atoms with E-state index >= 15 is 0 Å². The van der Waals surface area contributed by atoms with Crippen molar-refractivity contribution in [2.45, 2.75) is 25.5 Å². The fourth-order valence-corrected chi connectivity index (χ4v) is 3.28. The molecule has 2 aromatic carbocycles. The summed E-state index contributed by atoms with van der Waals surface area (Å²) in [5, 5.41) is 17.4. The van der Waals surface area contributed by atoms with Gasteiger partial charge >= 0.3 is 6.03 Å². The van der Waals surface area contributed by atoms with Gasteiger partial charge in [0, 0.05) is 12.1 Å². The van der Waals surface area contributed by atoms with Crippen molar-refractivity contribution < 1.29 is 14.7 Å². The van der Waals surface area contributed by atoms with Crippen LogP contribution in [0.15, 0.2) is 42.5 Å². The molecule has 0 saturated carbocycles. The molecule has 2 aromatic rings. The second-order valence-corrected chi connectivity index (χ2v) is 7.01. The molecule has 0 bridgehead atoms. The molecule has 3 rings (SSSR count). The van der Waals surface area contributed by atoms with Crippen LogP contribution in [0.2, 0.25) is 10.0 Å². The fourth-order valence-electron chi connectivity index (χ4n) is 2.99. The van der Waals surface area contributed by atoms with E-state index in [1.54, 1.807) is 24.3 Å². The standard InChI is InChI=1S/C19H19Cl2N3O3/c1-2-3-10-22-17(25)19(27)13-6-4-5-7-16(13)23-18(26)24(19)12-8-9-14(20)15(21)11-12/h4-9,11,27H,2-3,10H2,1H3,(H,22,25)(H,23,26)/t19-/m0/s1. The molecule has 1 atom stereocenters. The Hall–Kier alpha value is -2.28. The van der Waals surface area contributed by atoms with Crippen molar-refractivity contribution in [3.05, 3.63) is 58.1 Å². The first-order valence-corrected chi connectivity index (χ1v) is 9.31. The number of nitrogens with zero attached hydrogens (tertiary/aromatic N) is 1. The topological polar surface area (TPSA) is 81.7 Å². The number of carbonyl (C=O) groups excluding carboxylic acids is 2. The summed E-state index contributed by atoms with van der Waals surface area (Å²) >= 11 is 12.0. The van der Waals surface area contributed by atoms with Gasteiger partial charge in [0.05, 0.1) is 21.4 Å². The number of aliphatic hydroxyl groups is 1. The third-order valence-electron chi connectivity index (χ3n) is 4.36. The van der Waals surface area contributed by atoms with Crippen LogP contribution >= 0.6 is 23.2 Å². The quantitative estimate of drug-likeness (QED) is 0.652. The second-order valence-electron chi connectivity index (χ2n) is 6.19. The predicted molar refractivity (Wildman–Crippen MR) is 106 cm³/mol. The van der Waals surface area contributed by atoms with Gasteiger partial charge in [-0.25, -0.2) is 4.79 Å². The minimum absolute atomic E-state index is 0.203. The van der Waals surface area contributed by atoms with Crippen molar-refractivity contribution in [3.63, 3.8) is 0 Å². The monoisotopic (exact) mass is 407 g/mol. The zero-order valence-corrected chi connectivity index (χ0v) is 16.1. The average molecular weight is 408 g/mol. The molecule has 0 radical (unpaired) electrons. The molecular formula is C19H19Cl2N3O3. The van der Waals surface area contributed by atoms with Gasteiger partial charge in [0.2, 0.25) is 0 Å². The molecule has 142 valence electrons. The molecular weight excluding hydrogens is 389 g/mol. The summed E-state index contributed by atoms with van der Waals surface area (Å²) in [5.41, 5.74) is -1.36. The molecule has 8 heteroatoms. The van der Waals surface area contributed by atoms with Gasteiger partial charge in [0.15, 0.2) is 0 Å². The first-order chi connectivity index (χ1) is 12.9. The number of unbranched alkanes of at least 4 members (excludes halogenated alkanes) is 1. The molecule has 0 saturated heterocycles. The van der Waals surface area contributed by atoms with Crippen LogP contribution in [0.4, 0.5) is 16.2 Å². The average Bonchev–Trinajstić information content (AvgIpc) is 2.64. The van der Waals surface area contributed by atoms with Gasteiger partial charge in [0.1, 0.15) is 0 Å². The van der Waals surface area contributed by atoms with Crippen LogP contribution in [0, 0.1) is 0 Å². The molecule has 3 N–H and O–H groups in total. The molecule has 27 heavy (non-hydrogen) atoms. The summed E-state index contributed by atoms with van der Waals surface area (Å²) in [5.74, 6) is -0.690. The highest BCUT2D eigenvalue weighted by atomic mass is 35.5. The Morgan fingerprint density at radius 1 is 1.22 bits per heavy atom. The van der Waals surface area contributed by atoms with Crippen molar-refractivity contribution in [1.29, 1.82) is 0 Å². The smallest absolute Gasteiger partial charge is 0.329 e. The lowest BCUT2D eigenvalue weighted by atomic mass is 9.94. The maximum atomic E-state index is 13.0. The highest BCUT2D eigenvalue weighted by Crippen LogP contribution is 2.41. The third-order valence-corrected chi connectivity index (χ3v) is 5.10. The lowest BCUT2D eigenvalue weighted by Crippen LogP contribution is -2.62. The van der Waals surface area contributed by atoms with E-state index in [4.69, 9.17) is 23.2 Å². The maximum Gasteiger partial charge on any atom is 0.329 e. The molecule has 0 fully saturated rings. The summed E-state index contributed by atoms with van der Waals surface area (Å²) in [6.07, 6.45) is 1.63. The summed E-state index contributed by atoms with van der Waals surface area (Å²) in [7, 11) is 0. The maximum absolute atomic E-state index is 13.0.